The highest BCUT2D eigenvalue weighted by Gasteiger charge is 2.27. The van der Waals surface area contributed by atoms with Crippen molar-refractivity contribution < 1.29 is 19.6 Å². The van der Waals surface area contributed by atoms with E-state index in [-0.39, 0.29) is 30.8 Å². The molecule has 1 aromatic rings. The van der Waals surface area contributed by atoms with Gasteiger partial charge < -0.3 is 10.0 Å². The number of carbonyl (C=O) groups is 2. The van der Waals surface area contributed by atoms with Crippen molar-refractivity contribution in [3.8, 4) is 0 Å². The van der Waals surface area contributed by atoms with Crippen molar-refractivity contribution in [1.82, 2.24) is 14.7 Å². The van der Waals surface area contributed by atoms with Crippen LogP contribution in [0.3, 0.4) is 0 Å². The van der Waals surface area contributed by atoms with Crippen molar-refractivity contribution in [1.29, 1.82) is 0 Å². The van der Waals surface area contributed by atoms with Gasteiger partial charge in [-0.3, -0.25) is 24.4 Å². The average molecular weight is 270 g/mol. The summed E-state index contributed by atoms with van der Waals surface area (Å²) in [4.78, 5) is 33.6. The van der Waals surface area contributed by atoms with Crippen LogP contribution in [-0.2, 0) is 11.8 Å². The van der Waals surface area contributed by atoms with Gasteiger partial charge in [-0.05, 0) is 6.42 Å². The summed E-state index contributed by atoms with van der Waals surface area (Å²) in [6.07, 6.45) is 1.36. The Kier molecular flexibility index (Phi) is 4.56. The lowest BCUT2D eigenvalue weighted by atomic mass is 10.2. The normalized spacial score (nSPS) is 10.2. The summed E-state index contributed by atoms with van der Waals surface area (Å²) in [7, 11) is 2.93. The molecule has 0 spiro atoms. The Bertz CT molecular complexity index is 510. The van der Waals surface area contributed by atoms with Crippen LogP contribution in [-0.4, -0.2) is 50.2 Å². The Morgan fingerprint density at radius 2 is 2.21 bits per heavy atom. The molecule has 1 rings (SSSR count). The van der Waals surface area contributed by atoms with Gasteiger partial charge in [-0.15, -0.1) is 0 Å². The van der Waals surface area contributed by atoms with E-state index in [1.807, 2.05) is 0 Å². The Morgan fingerprint density at radius 1 is 1.58 bits per heavy atom. The number of hydrogen-bond donors (Lipinski definition) is 1. The van der Waals surface area contributed by atoms with E-state index in [1.54, 1.807) is 0 Å². The quantitative estimate of drug-likeness (QED) is 0.585. The standard InChI is InChI=1S/C10H14N4O5/c1-12(5-3-4-8(15)16)10(17)9-7(14(18)19)6-13(2)11-9/h6H,3-5H2,1-2H3,(H,15,16). The van der Waals surface area contributed by atoms with Gasteiger partial charge in [-0.2, -0.15) is 5.10 Å². The van der Waals surface area contributed by atoms with E-state index in [9.17, 15) is 19.7 Å². The summed E-state index contributed by atoms with van der Waals surface area (Å²) in [5, 5.41) is 23.0. The molecule has 0 aliphatic rings. The molecule has 19 heavy (non-hydrogen) atoms. The first-order valence-electron chi connectivity index (χ1n) is 5.48. The third-order valence-electron chi connectivity index (χ3n) is 2.44. The molecular formula is C10H14N4O5. The van der Waals surface area contributed by atoms with Crippen LogP contribution in [0.25, 0.3) is 0 Å². The number of aromatic nitrogens is 2. The molecule has 1 heterocycles. The smallest absolute Gasteiger partial charge is 0.320 e. The van der Waals surface area contributed by atoms with E-state index in [0.717, 1.165) is 6.20 Å². The molecular weight excluding hydrogens is 256 g/mol. The Morgan fingerprint density at radius 3 is 2.74 bits per heavy atom. The number of hydrogen-bond acceptors (Lipinski definition) is 5. The molecule has 0 fully saturated rings. The minimum Gasteiger partial charge on any atom is -0.481 e. The number of carboxylic acids is 1. The van der Waals surface area contributed by atoms with Crippen LogP contribution in [0.15, 0.2) is 6.20 Å². The zero-order valence-corrected chi connectivity index (χ0v) is 10.6. The number of aliphatic carboxylic acids is 1. The number of aryl methyl sites for hydroxylation is 1. The molecule has 104 valence electrons. The van der Waals surface area contributed by atoms with Gasteiger partial charge in [0.2, 0.25) is 5.69 Å². The van der Waals surface area contributed by atoms with Gasteiger partial charge in [0, 0.05) is 27.1 Å². The zero-order valence-electron chi connectivity index (χ0n) is 10.6. The molecule has 0 unspecified atom stereocenters. The first-order valence-corrected chi connectivity index (χ1v) is 5.48. The number of carbonyl (C=O) groups excluding carboxylic acids is 1. The van der Waals surface area contributed by atoms with E-state index in [4.69, 9.17) is 5.11 Å². The molecule has 0 saturated carbocycles. The maximum Gasteiger partial charge on any atom is 0.320 e. The second kappa shape index (κ2) is 5.94. The minimum atomic E-state index is -0.954. The highest BCUT2D eigenvalue weighted by Crippen LogP contribution is 2.17. The summed E-state index contributed by atoms with van der Waals surface area (Å²) in [5.74, 6) is -1.55. The summed E-state index contributed by atoms with van der Waals surface area (Å²) >= 11 is 0. The highest BCUT2D eigenvalue weighted by atomic mass is 16.6. The van der Waals surface area contributed by atoms with Gasteiger partial charge in [-0.25, -0.2) is 0 Å². The van der Waals surface area contributed by atoms with Crippen LogP contribution >= 0.6 is 0 Å². The second-order valence-corrected chi connectivity index (χ2v) is 4.02. The van der Waals surface area contributed by atoms with Crippen molar-refractivity contribution >= 4 is 17.6 Å². The van der Waals surface area contributed by atoms with Crippen LogP contribution in [0.4, 0.5) is 5.69 Å². The SMILES string of the molecule is CN(CCCC(=O)O)C(=O)c1nn(C)cc1[N+](=O)[O-]. The number of nitro groups is 1. The molecule has 0 aromatic carbocycles. The molecule has 1 N–H and O–H groups in total. The van der Waals surface area contributed by atoms with Crippen LogP contribution in [0.1, 0.15) is 23.3 Å². The van der Waals surface area contributed by atoms with Crippen LogP contribution < -0.4 is 0 Å². The average Bonchev–Trinajstić information content (AvgIpc) is 2.69. The lowest BCUT2D eigenvalue weighted by molar-refractivity contribution is -0.385. The second-order valence-electron chi connectivity index (χ2n) is 4.02. The van der Waals surface area contributed by atoms with E-state index in [0.29, 0.717) is 0 Å². The molecule has 0 aliphatic carbocycles. The van der Waals surface area contributed by atoms with Crippen molar-refractivity contribution in [3.63, 3.8) is 0 Å². The summed E-state index contributed by atoms with van der Waals surface area (Å²) < 4.78 is 1.19. The summed E-state index contributed by atoms with van der Waals surface area (Å²) in [6.45, 7) is 0.193. The van der Waals surface area contributed by atoms with E-state index in [1.165, 1.54) is 23.7 Å². The molecule has 0 aliphatic heterocycles. The lowest BCUT2D eigenvalue weighted by Gasteiger charge is -2.14. The van der Waals surface area contributed by atoms with Crippen LogP contribution in [0.5, 0.6) is 0 Å². The van der Waals surface area contributed by atoms with Gasteiger partial charge in [0.05, 0.1) is 4.92 Å². The van der Waals surface area contributed by atoms with Crippen LogP contribution in [0.2, 0.25) is 0 Å². The fourth-order valence-electron chi connectivity index (χ4n) is 1.51. The topological polar surface area (TPSA) is 119 Å². The van der Waals surface area contributed by atoms with Crippen molar-refractivity contribution in [2.24, 2.45) is 7.05 Å². The van der Waals surface area contributed by atoms with Gasteiger partial charge in [0.25, 0.3) is 5.91 Å². The monoisotopic (exact) mass is 270 g/mol. The molecule has 1 amide bonds. The maximum atomic E-state index is 12.0. The Labute approximate surface area is 108 Å². The Hall–Kier alpha value is -2.45. The molecule has 0 saturated heterocycles. The molecule has 9 nitrogen and oxygen atoms in total. The number of nitrogens with zero attached hydrogens (tertiary/aromatic N) is 4. The van der Waals surface area contributed by atoms with Gasteiger partial charge in [0.15, 0.2) is 0 Å². The number of rotatable bonds is 6. The largest absolute Gasteiger partial charge is 0.481 e. The van der Waals surface area contributed by atoms with E-state index < -0.39 is 16.8 Å². The lowest BCUT2D eigenvalue weighted by Crippen LogP contribution is -2.29. The fourth-order valence-corrected chi connectivity index (χ4v) is 1.51. The van der Waals surface area contributed by atoms with Crippen molar-refractivity contribution in [2.45, 2.75) is 12.8 Å². The Balaban J connectivity index is 2.76. The van der Waals surface area contributed by atoms with Gasteiger partial charge >= 0.3 is 11.7 Å². The molecule has 0 bridgehead atoms. The third-order valence-corrected chi connectivity index (χ3v) is 2.44. The van der Waals surface area contributed by atoms with Crippen molar-refractivity contribution in [3.05, 3.63) is 22.0 Å². The molecule has 9 heteroatoms. The minimum absolute atomic E-state index is 0.0675. The summed E-state index contributed by atoms with van der Waals surface area (Å²) in [5.41, 5.74) is -0.608. The third kappa shape index (κ3) is 3.76. The predicted molar refractivity (Wildman–Crippen MR) is 63.7 cm³/mol. The first-order chi connectivity index (χ1) is 8.82. The van der Waals surface area contributed by atoms with Gasteiger partial charge in [-0.1, -0.05) is 0 Å². The van der Waals surface area contributed by atoms with Gasteiger partial charge in [0.1, 0.15) is 6.20 Å². The summed E-state index contributed by atoms with van der Waals surface area (Å²) in [6, 6.07) is 0. The molecule has 0 radical (unpaired) electrons. The number of carboxylic acid groups (broad SMARTS) is 1. The molecule has 0 atom stereocenters. The molecule has 1 aromatic heterocycles. The van der Waals surface area contributed by atoms with E-state index >= 15 is 0 Å². The number of amides is 1. The van der Waals surface area contributed by atoms with E-state index in [2.05, 4.69) is 5.10 Å². The zero-order chi connectivity index (χ0) is 14.6. The first kappa shape index (κ1) is 14.6. The fraction of sp³-hybridized carbons (Fsp3) is 0.500. The highest BCUT2D eigenvalue weighted by molar-refractivity contribution is 5.95. The predicted octanol–water partition coefficient (Wildman–Crippen LogP) is 0.265. The van der Waals surface area contributed by atoms with Crippen molar-refractivity contribution in [2.75, 3.05) is 13.6 Å². The van der Waals surface area contributed by atoms with Crippen LogP contribution in [0, 0.1) is 10.1 Å². The maximum absolute atomic E-state index is 12.0.